The highest BCUT2D eigenvalue weighted by Crippen LogP contribution is 2.70. The van der Waals surface area contributed by atoms with Crippen LogP contribution < -0.4 is 11.1 Å². The topological polar surface area (TPSA) is 64.3 Å². The second-order valence-corrected chi connectivity index (χ2v) is 11.5. The van der Waals surface area contributed by atoms with Crippen LogP contribution in [-0.2, 0) is 14.9 Å². The molecule has 2 unspecified atom stereocenters. The van der Waals surface area contributed by atoms with Crippen LogP contribution in [0.4, 0.5) is 0 Å². The Balaban J connectivity index is 1.42. The van der Waals surface area contributed by atoms with Gasteiger partial charge in [0.05, 0.1) is 12.0 Å². The van der Waals surface area contributed by atoms with E-state index in [1.54, 1.807) is 0 Å². The largest absolute Gasteiger partial charge is 0.381 e. The molecule has 3 N–H and O–H groups in total. The van der Waals surface area contributed by atoms with Gasteiger partial charge in [-0.3, -0.25) is 4.79 Å². The summed E-state index contributed by atoms with van der Waals surface area (Å²) in [5.41, 5.74) is 7.38. The first-order valence-electron chi connectivity index (χ1n) is 12.6. The molecule has 31 heavy (non-hydrogen) atoms. The minimum absolute atomic E-state index is 0.131. The third-order valence-electron chi connectivity index (χ3n) is 9.18. The van der Waals surface area contributed by atoms with E-state index < -0.39 is 0 Å². The molecule has 0 spiro atoms. The third-order valence-corrected chi connectivity index (χ3v) is 9.18. The van der Waals surface area contributed by atoms with Crippen LogP contribution in [0.5, 0.6) is 0 Å². The molecule has 4 nitrogen and oxygen atoms in total. The fraction of sp³-hybridized carbons (Fsp3) is 0.741. The molecule has 4 heteroatoms. The minimum atomic E-state index is -0.225. The van der Waals surface area contributed by atoms with E-state index >= 15 is 0 Å². The second kappa shape index (κ2) is 8.19. The second-order valence-electron chi connectivity index (χ2n) is 11.5. The lowest BCUT2D eigenvalue weighted by molar-refractivity contribution is -0.172. The molecule has 5 aliphatic carbocycles. The van der Waals surface area contributed by atoms with Crippen molar-refractivity contribution in [3.05, 3.63) is 35.9 Å². The lowest BCUT2D eigenvalue weighted by atomic mass is 9.38. The van der Waals surface area contributed by atoms with Crippen LogP contribution in [0.15, 0.2) is 30.3 Å². The summed E-state index contributed by atoms with van der Waals surface area (Å²) >= 11 is 0. The molecule has 0 radical (unpaired) electrons. The van der Waals surface area contributed by atoms with Gasteiger partial charge in [0.1, 0.15) is 0 Å². The number of hydrogen-bond donors (Lipinski definition) is 2. The molecule has 170 valence electrons. The molecule has 4 bridgehead atoms. The molecule has 1 aromatic carbocycles. The van der Waals surface area contributed by atoms with Crippen molar-refractivity contribution in [2.24, 2.45) is 28.4 Å². The molecule has 5 fully saturated rings. The van der Waals surface area contributed by atoms with Gasteiger partial charge in [-0.25, -0.2) is 0 Å². The van der Waals surface area contributed by atoms with E-state index in [0.717, 1.165) is 64.7 Å². The van der Waals surface area contributed by atoms with Crippen LogP contribution in [0.1, 0.15) is 76.7 Å². The molecular formula is C27H40N2O2. The van der Waals surface area contributed by atoms with Crippen molar-refractivity contribution >= 4 is 5.91 Å². The fourth-order valence-corrected chi connectivity index (χ4v) is 8.37. The lowest BCUT2D eigenvalue weighted by Crippen LogP contribution is -2.64. The molecule has 1 amide bonds. The first kappa shape index (κ1) is 21.5. The van der Waals surface area contributed by atoms with Gasteiger partial charge in [-0.2, -0.15) is 0 Å². The van der Waals surface area contributed by atoms with Crippen molar-refractivity contribution in [2.45, 2.75) is 82.6 Å². The number of carbonyl (C=O) groups excluding carboxylic acids is 1. The van der Waals surface area contributed by atoms with Gasteiger partial charge in [0, 0.05) is 12.6 Å². The maximum Gasteiger partial charge on any atom is 0.226 e. The van der Waals surface area contributed by atoms with E-state index in [1.165, 1.54) is 24.8 Å². The zero-order chi connectivity index (χ0) is 21.5. The van der Waals surface area contributed by atoms with E-state index in [4.69, 9.17) is 10.5 Å². The Morgan fingerprint density at radius 2 is 1.84 bits per heavy atom. The molecule has 0 saturated heterocycles. The van der Waals surface area contributed by atoms with E-state index in [0.29, 0.717) is 23.8 Å². The maximum atomic E-state index is 13.9. The van der Waals surface area contributed by atoms with Crippen molar-refractivity contribution in [3.8, 4) is 0 Å². The number of benzene rings is 1. The Morgan fingerprint density at radius 1 is 1.06 bits per heavy atom. The van der Waals surface area contributed by atoms with Crippen LogP contribution >= 0.6 is 0 Å². The lowest BCUT2D eigenvalue weighted by Gasteiger charge is -2.66. The number of amides is 1. The summed E-state index contributed by atoms with van der Waals surface area (Å²) in [6.45, 7) is 4.44. The number of carbonyl (C=O) groups is 1. The predicted molar refractivity (Wildman–Crippen MR) is 124 cm³/mol. The van der Waals surface area contributed by atoms with Gasteiger partial charge in [0.2, 0.25) is 5.91 Å². The van der Waals surface area contributed by atoms with Crippen molar-refractivity contribution in [3.63, 3.8) is 0 Å². The molecule has 0 heterocycles. The standard InChI is InChI=1S/C27H40N2O2/c1-2-31-19-25-12-21-13-26(16-25,22-6-4-3-5-7-22)18-27(14-21,17-25)24(30)29-23-10-8-20(15-28)9-11-23/h3-7,20-21,23H,2,8-19,28H2,1H3,(H,29,30)/t20-,21?,23+,25-,26+,27?/m0/s1. The normalized spacial score (nSPS) is 41.3. The smallest absolute Gasteiger partial charge is 0.226 e. The van der Waals surface area contributed by atoms with E-state index in [1.807, 2.05) is 0 Å². The summed E-state index contributed by atoms with van der Waals surface area (Å²) in [5.74, 6) is 1.62. The van der Waals surface area contributed by atoms with Crippen LogP contribution in [0, 0.1) is 22.7 Å². The van der Waals surface area contributed by atoms with Crippen molar-refractivity contribution in [1.29, 1.82) is 0 Å². The number of ether oxygens (including phenoxy) is 1. The number of nitrogens with two attached hydrogens (primary N) is 1. The highest BCUT2D eigenvalue weighted by molar-refractivity contribution is 5.84. The SMILES string of the molecule is CCOC[C@]12CC3CC(C(=O)N[C@H]4CC[C@@H](CN)CC4)(C1)C[C@@](c1ccccc1)(C3)C2. The van der Waals surface area contributed by atoms with Gasteiger partial charge in [-0.1, -0.05) is 30.3 Å². The molecule has 0 aliphatic heterocycles. The maximum absolute atomic E-state index is 13.9. The summed E-state index contributed by atoms with van der Waals surface area (Å²) in [5, 5.41) is 3.54. The van der Waals surface area contributed by atoms with Gasteiger partial charge in [0.25, 0.3) is 0 Å². The third kappa shape index (κ3) is 3.84. The van der Waals surface area contributed by atoms with Crippen LogP contribution in [0.25, 0.3) is 0 Å². The van der Waals surface area contributed by atoms with Crippen LogP contribution in [-0.4, -0.2) is 31.7 Å². The number of rotatable bonds is 7. The molecule has 1 aromatic rings. The quantitative estimate of drug-likeness (QED) is 0.674. The zero-order valence-corrected chi connectivity index (χ0v) is 19.2. The Kier molecular flexibility index (Phi) is 5.67. The van der Waals surface area contributed by atoms with Gasteiger partial charge >= 0.3 is 0 Å². The Hall–Kier alpha value is -1.39. The van der Waals surface area contributed by atoms with Crippen LogP contribution in [0.3, 0.4) is 0 Å². The monoisotopic (exact) mass is 424 g/mol. The summed E-state index contributed by atoms with van der Waals surface area (Å²) in [7, 11) is 0. The first-order valence-corrected chi connectivity index (χ1v) is 12.6. The summed E-state index contributed by atoms with van der Waals surface area (Å²) in [4.78, 5) is 13.9. The van der Waals surface area contributed by atoms with E-state index in [9.17, 15) is 4.79 Å². The Morgan fingerprint density at radius 3 is 2.55 bits per heavy atom. The minimum Gasteiger partial charge on any atom is -0.381 e. The average Bonchev–Trinajstić information content (AvgIpc) is 2.78. The molecule has 5 saturated carbocycles. The van der Waals surface area contributed by atoms with E-state index in [2.05, 4.69) is 42.6 Å². The van der Waals surface area contributed by atoms with Gasteiger partial charge in [-0.05, 0) is 106 Å². The summed E-state index contributed by atoms with van der Waals surface area (Å²) in [6.07, 6.45) is 11.2. The Bertz CT molecular complexity index is 790. The van der Waals surface area contributed by atoms with E-state index in [-0.39, 0.29) is 16.2 Å². The molecular weight excluding hydrogens is 384 g/mol. The summed E-state index contributed by atoms with van der Waals surface area (Å²) < 4.78 is 6.05. The van der Waals surface area contributed by atoms with Gasteiger partial charge in [0.15, 0.2) is 0 Å². The number of nitrogens with one attached hydrogen (secondary N) is 1. The number of hydrogen-bond acceptors (Lipinski definition) is 3. The van der Waals surface area contributed by atoms with Crippen molar-refractivity contribution in [2.75, 3.05) is 19.8 Å². The van der Waals surface area contributed by atoms with Gasteiger partial charge in [-0.15, -0.1) is 0 Å². The van der Waals surface area contributed by atoms with Gasteiger partial charge < -0.3 is 15.8 Å². The molecule has 6 rings (SSSR count). The zero-order valence-electron chi connectivity index (χ0n) is 19.2. The predicted octanol–water partition coefficient (Wildman–Crippen LogP) is 4.57. The average molecular weight is 425 g/mol. The molecule has 5 aliphatic rings. The van der Waals surface area contributed by atoms with Crippen molar-refractivity contribution < 1.29 is 9.53 Å². The highest BCUT2D eigenvalue weighted by Gasteiger charge is 2.66. The summed E-state index contributed by atoms with van der Waals surface area (Å²) in [6, 6.07) is 11.4. The first-order chi connectivity index (χ1) is 15.0. The molecule has 4 atom stereocenters. The van der Waals surface area contributed by atoms with Crippen molar-refractivity contribution in [1.82, 2.24) is 5.32 Å². The Labute approximate surface area is 187 Å². The molecule has 0 aromatic heterocycles. The highest BCUT2D eigenvalue weighted by atomic mass is 16.5. The fourth-order valence-electron chi connectivity index (χ4n) is 8.37. The van der Waals surface area contributed by atoms with Crippen LogP contribution in [0.2, 0.25) is 0 Å².